The number of benzene rings is 1. The molecule has 0 spiro atoms. The number of aryl methyl sites for hydroxylation is 1. The molecule has 1 aromatic carbocycles. The normalized spacial score (nSPS) is 9.86. The highest BCUT2D eigenvalue weighted by Crippen LogP contribution is 2.17. The first-order chi connectivity index (χ1) is 10.5. The summed E-state index contributed by atoms with van der Waals surface area (Å²) in [4.78, 5) is 23.7. The first-order valence-electron chi connectivity index (χ1n) is 6.36. The van der Waals surface area contributed by atoms with Crippen LogP contribution < -0.4 is 10.6 Å². The molecule has 6 nitrogen and oxygen atoms in total. The Balaban J connectivity index is 1.91. The van der Waals surface area contributed by atoms with Gasteiger partial charge in [-0.05, 0) is 41.1 Å². The number of terminal acetylenes is 1. The van der Waals surface area contributed by atoms with E-state index < -0.39 is 5.91 Å². The second kappa shape index (κ2) is 6.91. The average molecular weight is 361 g/mol. The quantitative estimate of drug-likeness (QED) is 0.727. The summed E-state index contributed by atoms with van der Waals surface area (Å²) >= 11 is 3.25. The van der Waals surface area contributed by atoms with Gasteiger partial charge in [-0.3, -0.25) is 14.7 Å². The monoisotopic (exact) mass is 360 g/mol. The lowest BCUT2D eigenvalue weighted by atomic mass is 10.2. The summed E-state index contributed by atoms with van der Waals surface area (Å²) < 4.78 is 0.576. The molecule has 2 amide bonds. The van der Waals surface area contributed by atoms with E-state index in [1.54, 1.807) is 31.2 Å². The van der Waals surface area contributed by atoms with Crippen molar-refractivity contribution in [1.29, 1.82) is 0 Å². The summed E-state index contributed by atoms with van der Waals surface area (Å²) in [7, 11) is 0. The van der Waals surface area contributed by atoms with Crippen molar-refractivity contribution in [2.75, 3.05) is 11.9 Å². The van der Waals surface area contributed by atoms with Gasteiger partial charge in [0.25, 0.3) is 5.91 Å². The first kappa shape index (κ1) is 15.8. The Hall–Kier alpha value is -2.59. The number of carbonyl (C=O) groups is 2. The van der Waals surface area contributed by atoms with Crippen molar-refractivity contribution < 1.29 is 9.59 Å². The third-order valence-corrected chi connectivity index (χ3v) is 3.78. The summed E-state index contributed by atoms with van der Waals surface area (Å²) in [6.07, 6.45) is 5.29. The molecule has 112 valence electrons. The number of halogens is 1. The van der Waals surface area contributed by atoms with Crippen LogP contribution in [0.5, 0.6) is 0 Å². The molecule has 0 aliphatic heterocycles. The number of H-pyrrole nitrogens is 1. The minimum Gasteiger partial charge on any atom is -0.342 e. The van der Waals surface area contributed by atoms with Crippen molar-refractivity contribution >= 4 is 33.4 Å². The van der Waals surface area contributed by atoms with Crippen LogP contribution in [-0.4, -0.2) is 28.6 Å². The average Bonchev–Trinajstić information content (AvgIpc) is 2.85. The third-order valence-electron chi connectivity index (χ3n) is 2.81. The number of rotatable bonds is 4. The van der Waals surface area contributed by atoms with E-state index in [1.165, 1.54) is 0 Å². The number of aromatic amines is 1. The number of aromatic nitrogens is 2. The molecule has 0 aliphatic rings. The molecule has 3 N–H and O–H groups in total. The van der Waals surface area contributed by atoms with Crippen LogP contribution in [0.2, 0.25) is 0 Å². The van der Waals surface area contributed by atoms with Crippen molar-refractivity contribution in [2.45, 2.75) is 6.92 Å². The Bertz CT molecular complexity index is 761. The molecule has 0 fully saturated rings. The van der Waals surface area contributed by atoms with E-state index in [0.717, 1.165) is 5.69 Å². The lowest BCUT2D eigenvalue weighted by Gasteiger charge is -2.06. The van der Waals surface area contributed by atoms with Gasteiger partial charge in [0, 0.05) is 16.9 Å². The lowest BCUT2D eigenvalue weighted by molar-refractivity contribution is -0.115. The number of nitrogens with zero attached hydrogens (tertiary/aromatic N) is 1. The summed E-state index contributed by atoms with van der Waals surface area (Å²) in [5, 5.41) is 11.7. The second-order valence-electron chi connectivity index (χ2n) is 4.47. The van der Waals surface area contributed by atoms with Gasteiger partial charge < -0.3 is 10.6 Å². The van der Waals surface area contributed by atoms with Crippen molar-refractivity contribution in [3.05, 3.63) is 45.7 Å². The smallest absolute Gasteiger partial charge is 0.273 e. The lowest BCUT2D eigenvalue weighted by Crippen LogP contribution is -2.33. The van der Waals surface area contributed by atoms with Crippen LogP contribution in [0.1, 0.15) is 21.7 Å². The summed E-state index contributed by atoms with van der Waals surface area (Å²) in [5.74, 6) is 1.69. The van der Waals surface area contributed by atoms with Crippen LogP contribution in [-0.2, 0) is 4.79 Å². The third kappa shape index (κ3) is 3.74. The molecule has 7 heteroatoms. The van der Waals surface area contributed by atoms with E-state index in [0.29, 0.717) is 15.7 Å². The topological polar surface area (TPSA) is 86.9 Å². The largest absolute Gasteiger partial charge is 0.342 e. The highest BCUT2D eigenvalue weighted by Gasteiger charge is 2.16. The van der Waals surface area contributed by atoms with Gasteiger partial charge >= 0.3 is 0 Å². The molecule has 0 radical (unpaired) electrons. The number of hydrogen-bond acceptors (Lipinski definition) is 3. The fourth-order valence-electron chi connectivity index (χ4n) is 1.70. The van der Waals surface area contributed by atoms with Gasteiger partial charge in [0.15, 0.2) is 5.69 Å². The Morgan fingerprint density at radius 1 is 1.45 bits per heavy atom. The molecule has 1 aromatic heterocycles. The minimum atomic E-state index is -0.441. The molecule has 2 rings (SSSR count). The number of hydrogen-bond donors (Lipinski definition) is 3. The van der Waals surface area contributed by atoms with Crippen LogP contribution in [0.3, 0.4) is 0 Å². The SMILES string of the molecule is C#Cc1cccc(NC(=O)CNC(=O)c2n[nH]c(C)c2Br)c1. The molecule has 0 saturated heterocycles. The summed E-state index contributed by atoms with van der Waals surface area (Å²) in [6.45, 7) is 1.61. The van der Waals surface area contributed by atoms with Crippen LogP contribution in [0.25, 0.3) is 0 Å². The maximum absolute atomic E-state index is 11.9. The zero-order valence-electron chi connectivity index (χ0n) is 11.7. The Labute approximate surface area is 135 Å². The Kier molecular flexibility index (Phi) is 4.96. The van der Waals surface area contributed by atoms with Crippen molar-refractivity contribution in [1.82, 2.24) is 15.5 Å². The molecule has 0 atom stereocenters. The van der Waals surface area contributed by atoms with Crippen molar-refractivity contribution in [3.8, 4) is 12.3 Å². The zero-order chi connectivity index (χ0) is 16.1. The molecule has 2 aromatic rings. The molecule has 0 unspecified atom stereocenters. The van der Waals surface area contributed by atoms with Gasteiger partial charge in [-0.2, -0.15) is 5.10 Å². The highest BCUT2D eigenvalue weighted by atomic mass is 79.9. The number of amides is 2. The van der Waals surface area contributed by atoms with Gasteiger partial charge in [0.05, 0.1) is 11.0 Å². The van der Waals surface area contributed by atoms with Gasteiger partial charge in [0.1, 0.15) is 0 Å². The zero-order valence-corrected chi connectivity index (χ0v) is 13.3. The standard InChI is InChI=1S/C15H13BrN4O2/c1-3-10-5-4-6-11(7-10)18-12(21)8-17-15(22)14-13(16)9(2)19-20-14/h1,4-7H,8H2,2H3,(H,17,22)(H,18,21)(H,19,20). The molecule has 0 aliphatic carbocycles. The molecule has 0 bridgehead atoms. The molecule has 0 saturated carbocycles. The van der Waals surface area contributed by atoms with Crippen LogP contribution in [0, 0.1) is 19.3 Å². The van der Waals surface area contributed by atoms with Crippen molar-refractivity contribution in [3.63, 3.8) is 0 Å². The van der Waals surface area contributed by atoms with E-state index in [-0.39, 0.29) is 18.1 Å². The predicted molar refractivity (Wildman–Crippen MR) is 86.4 cm³/mol. The van der Waals surface area contributed by atoms with Gasteiger partial charge in [-0.1, -0.05) is 12.0 Å². The highest BCUT2D eigenvalue weighted by molar-refractivity contribution is 9.10. The van der Waals surface area contributed by atoms with E-state index in [4.69, 9.17) is 6.42 Å². The van der Waals surface area contributed by atoms with E-state index in [1.807, 2.05) is 0 Å². The fraction of sp³-hybridized carbons (Fsp3) is 0.133. The Morgan fingerprint density at radius 2 is 2.23 bits per heavy atom. The predicted octanol–water partition coefficient (Wildman–Crippen LogP) is 1.83. The van der Waals surface area contributed by atoms with E-state index >= 15 is 0 Å². The van der Waals surface area contributed by atoms with Gasteiger partial charge in [0.2, 0.25) is 5.91 Å². The number of nitrogens with one attached hydrogen (secondary N) is 3. The molecular formula is C15H13BrN4O2. The maximum atomic E-state index is 11.9. The fourth-order valence-corrected chi connectivity index (χ4v) is 2.06. The summed E-state index contributed by atoms with van der Waals surface area (Å²) in [6, 6.07) is 6.89. The maximum Gasteiger partial charge on any atom is 0.273 e. The number of carbonyl (C=O) groups excluding carboxylic acids is 2. The second-order valence-corrected chi connectivity index (χ2v) is 5.26. The number of anilines is 1. The van der Waals surface area contributed by atoms with E-state index in [2.05, 4.69) is 42.7 Å². The Morgan fingerprint density at radius 3 is 2.86 bits per heavy atom. The van der Waals surface area contributed by atoms with Crippen molar-refractivity contribution in [2.24, 2.45) is 0 Å². The summed E-state index contributed by atoms with van der Waals surface area (Å²) in [5.41, 5.74) is 2.18. The van der Waals surface area contributed by atoms with Crippen LogP contribution in [0.4, 0.5) is 5.69 Å². The van der Waals surface area contributed by atoms with Crippen LogP contribution in [0.15, 0.2) is 28.7 Å². The van der Waals surface area contributed by atoms with Crippen LogP contribution >= 0.6 is 15.9 Å². The molecule has 22 heavy (non-hydrogen) atoms. The first-order valence-corrected chi connectivity index (χ1v) is 7.15. The molecular weight excluding hydrogens is 348 g/mol. The van der Waals surface area contributed by atoms with E-state index in [9.17, 15) is 9.59 Å². The van der Waals surface area contributed by atoms with Gasteiger partial charge in [-0.25, -0.2) is 0 Å². The van der Waals surface area contributed by atoms with Gasteiger partial charge in [-0.15, -0.1) is 6.42 Å². The minimum absolute atomic E-state index is 0.169. The molecule has 1 heterocycles.